The molecule has 0 saturated carbocycles. The molecule has 0 saturated heterocycles. The van der Waals surface area contributed by atoms with Gasteiger partial charge in [-0.25, -0.2) is 10.2 Å². The molecule has 0 aliphatic carbocycles. The molecule has 0 aromatic rings. The van der Waals surface area contributed by atoms with Gasteiger partial charge < -0.3 is 4.74 Å². The first-order valence-electron chi connectivity index (χ1n) is 2.66. The summed E-state index contributed by atoms with van der Waals surface area (Å²) in [4.78, 5) is 8.35. The van der Waals surface area contributed by atoms with Gasteiger partial charge in [-0.15, -0.1) is 13.2 Å². The third-order valence-electron chi connectivity index (χ3n) is 0.471. The maximum absolute atomic E-state index is 8.35. The highest BCUT2D eigenvalue weighted by molar-refractivity contribution is 5.26. The highest BCUT2D eigenvalue weighted by Gasteiger charge is 1.70. The predicted molar refractivity (Wildman–Crippen MR) is 39.6 cm³/mol. The topological polar surface area (TPSA) is 50.1 Å². The fourth-order valence-electron chi connectivity index (χ4n) is 0.235. The van der Waals surface area contributed by atoms with Crippen LogP contribution in [0.4, 0.5) is 0 Å². The Bertz CT molecular complexity index is 107. The molecule has 0 rings (SSSR count). The number of carbonyl (C=O) groups excluding carboxylic acids is 1. The van der Waals surface area contributed by atoms with E-state index in [0.29, 0.717) is 13.2 Å². The number of rotatable bonds is 4. The molecule has 0 spiro atoms. The van der Waals surface area contributed by atoms with E-state index in [0.717, 1.165) is 6.08 Å². The lowest BCUT2D eigenvalue weighted by atomic mass is 10.6. The van der Waals surface area contributed by atoms with Crippen LogP contribution in [0.3, 0.4) is 0 Å². The largest absolute Gasteiger partial charge is 0.373 e. The fraction of sp³-hybridized carbons (Fsp3) is 0.286. The van der Waals surface area contributed by atoms with E-state index in [1.54, 1.807) is 12.2 Å². The molecule has 0 aromatic heterocycles. The van der Waals surface area contributed by atoms with Gasteiger partial charge in [-0.2, -0.15) is 0 Å². The molecule has 56 valence electrons. The quantitative estimate of drug-likeness (QED) is 0.277. The summed E-state index contributed by atoms with van der Waals surface area (Å²) in [7, 11) is 0. The van der Waals surface area contributed by atoms with Crippen LogP contribution in [-0.2, 0) is 9.53 Å². The summed E-state index contributed by atoms with van der Waals surface area (Å²) >= 11 is 0. The van der Waals surface area contributed by atoms with Gasteiger partial charge in [0.15, 0.2) is 0 Å². The Hall–Kier alpha value is -1.18. The highest BCUT2D eigenvalue weighted by Crippen LogP contribution is 1.72. The van der Waals surface area contributed by atoms with E-state index in [4.69, 9.17) is 14.9 Å². The molecule has 3 nitrogen and oxygen atoms in total. The van der Waals surface area contributed by atoms with Gasteiger partial charge in [-0.05, 0) is 0 Å². The van der Waals surface area contributed by atoms with Gasteiger partial charge in [-0.1, -0.05) is 12.2 Å². The summed E-state index contributed by atoms with van der Waals surface area (Å²) in [5.74, 6) is 0. The lowest BCUT2D eigenvalue weighted by Crippen LogP contribution is -1.87. The lowest BCUT2D eigenvalue weighted by molar-refractivity contribution is 0.194. The molecule has 0 bridgehead atoms. The molecule has 0 fully saturated rings. The number of hydrogen-bond acceptors (Lipinski definition) is 3. The molecule has 0 aliphatic heterocycles. The first-order chi connectivity index (χ1) is 4.83. The molecule has 0 atom stereocenters. The van der Waals surface area contributed by atoms with E-state index in [2.05, 4.69) is 13.2 Å². The molecule has 0 unspecified atom stereocenters. The summed E-state index contributed by atoms with van der Waals surface area (Å²) in [5.41, 5.74) is 0. The van der Waals surface area contributed by atoms with Crippen LogP contribution in [0, 0.1) is 5.41 Å². The van der Waals surface area contributed by atoms with Crippen molar-refractivity contribution < 1.29 is 9.53 Å². The van der Waals surface area contributed by atoms with E-state index < -0.39 is 0 Å². The predicted octanol–water partition coefficient (Wildman–Crippen LogP) is 1.28. The molecule has 0 aliphatic rings. The van der Waals surface area contributed by atoms with Crippen LogP contribution in [0.5, 0.6) is 0 Å². The van der Waals surface area contributed by atoms with Crippen molar-refractivity contribution in [3.05, 3.63) is 25.3 Å². The first kappa shape index (κ1) is 11.6. The van der Waals surface area contributed by atoms with E-state index in [1.807, 2.05) is 0 Å². The standard InChI is InChI=1S/C6H10O.CHNO/c1-3-5-7-6-4-2;2-1-3/h3-4H,1-2,5-6H2;2H. The van der Waals surface area contributed by atoms with E-state index in [1.165, 1.54) is 0 Å². The maximum atomic E-state index is 8.35. The molecule has 3 heteroatoms. The van der Waals surface area contributed by atoms with E-state index in [-0.39, 0.29) is 0 Å². The highest BCUT2D eigenvalue weighted by atomic mass is 16.5. The van der Waals surface area contributed by atoms with Crippen LogP contribution in [0.15, 0.2) is 25.3 Å². The van der Waals surface area contributed by atoms with Crippen LogP contribution in [0.1, 0.15) is 0 Å². The number of isocyanates is 1. The van der Waals surface area contributed by atoms with Gasteiger partial charge in [0.05, 0.1) is 13.2 Å². The summed E-state index contributed by atoms with van der Waals surface area (Å²) < 4.78 is 4.90. The lowest BCUT2D eigenvalue weighted by Gasteiger charge is -1.89. The average molecular weight is 141 g/mol. The Morgan fingerprint density at radius 2 is 1.70 bits per heavy atom. The molecular formula is C7H11NO2. The van der Waals surface area contributed by atoms with Gasteiger partial charge in [0.1, 0.15) is 0 Å². The summed E-state index contributed by atoms with van der Waals surface area (Å²) in [5, 5.41) is 5.40. The third kappa shape index (κ3) is 29.0. The molecule has 0 radical (unpaired) electrons. The normalized spacial score (nSPS) is 6.40. The van der Waals surface area contributed by atoms with Crippen molar-refractivity contribution in [1.29, 1.82) is 5.41 Å². The second-order valence-electron chi connectivity index (χ2n) is 1.22. The van der Waals surface area contributed by atoms with Crippen molar-refractivity contribution in [2.75, 3.05) is 13.2 Å². The van der Waals surface area contributed by atoms with Gasteiger partial charge in [0.25, 0.3) is 0 Å². The fourth-order valence-corrected chi connectivity index (χ4v) is 0.235. The number of hydrogen-bond donors (Lipinski definition) is 1. The van der Waals surface area contributed by atoms with Crippen molar-refractivity contribution in [1.82, 2.24) is 0 Å². The van der Waals surface area contributed by atoms with E-state index >= 15 is 0 Å². The van der Waals surface area contributed by atoms with Crippen LogP contribution in [0.2, 0.25) is 0 Å². The molecular weight excluding hydrogens is 130 g/mol. The van der Waals surface area contributed by atoms with E-state index in [9.17, 15) is 0 Å². The Balaban J connectivity index is 0. The average Bonchev–Trinajstić information content (AvgIpc) is 1.91. The molecule has 0 aromatic carbocycles. The van der Waals surface area contributed by atoms with Crippen LogP contribution >= 0.6 is 0 Å². The number of ether oxygens (including phenoxy) is 1. The van der Waals surface area contributed by atoms with Gasteiger partial charge in [-0.3, -0.25) is 0 Å². The minimum absolute atomic E-state index is 0.617. The van der Waals surface area contributed by atoms with Gasteiger partial charge >= 0.3 is 0 Å². The van der Waals surface area contributed by atoms with Crippen molar-refractivity contribution in [3.8, 4) is 0 Å². The molecule has 1 N–H and O–H groups in total. The first-order valence-corrected chi connectivity index (χ1v) is 2.66. The SMILES string of the molecule is C=CCOCC=C.N=C=O. The van der Waals surface area contributed by atoms with Crippen molar-refractivity contribution in [2.45, 2.75) is 0 Å². The Morgan fingerprint density at radius 3 is 1.90 bits per heavy atom. The molecule has 0 heterocycles. The summed E-state index contributed by atoms with van der Waals surface area (Å²) in [6.45, 7) is 8.18. The minimum atomic E-state index is 0.617. The maximum Gasteiger partial charge on any atom is 0.231 e. The zero-order valence-corrected chi connectivity index (χ0v) is 5.80. The van der Waals surface area contributed by atoms with Crippen molar-refractivity contribution >= 4 is 6.08 Å². The van der Waals surface area contributed by atoms with Crippen LogP contribution < -0.4 is 0 Å². The minimum Gasteiger partial charge on any atom is -0.373 e. The number of nitrogens with one attached hydrogen (secondary N) is 1. The van der Waals surface area contributed by atoms with Crippen LogP contribution in [0.25, 0.3) is 0 Å². The molecule has 10 heavy (non-hydrogen) atoms. The second-order valence-corrected chi connectivity index (χ2v) is 1.22. The van der Waals surface area contributed by atoms with Gasteiger partial charge in [0, 0.05) is 0 Å². The monoisotopic (exact) mass is 141 g/mol. The van der Waals surface area contributed by atoms with Crippen molar-refractivity contribution in [3.63, 3.8) is 0 Å². The summed E-state index contributed by atoms with van der Waals surface area (Å²) in [6.07, 6.45) is 4.17. The third-order valence-corrected chi connectivity index (χ3v) is 0.471. The summed E-state index contributed by atoms with van der Waals surface area (Å²) in [6, 6.07) is 0. The zero-order valence-electron chi connectivity index (χ0n) is 5.80. The Morgan fingerprint density at radius 1 is 1.40 bits per heavy atom. The smallest absolute Gasteiger partial charge is 0.231 e. The Kier molecular flexibility index (Phi) is 18.2. The Labute approximate surface area is 60.5 Å². The van der Waals surface area contributed by atoms with Crippen molar-refractivity contribution in [2.24, 2.45) is 0 Å². The van der Waals surface area contributed by atoms with Gasteiger partial charge in [0.2, 0.25) is 6.08 Å². The molecule has 0 amide bonds. The zero-order chi connectivity index (χ0) is 8.24. The van der Waals surface area contributed by atoms with Crippen LogP contribution in [-0.4, -0.2) is 19.3 Å². The second kappa shape index (κ2) is 15.7.